The molecule has 0 aromatic rings. The van der Waals surface area contributed by atoms with Crippen molar-refractivity contribution in [3.05, 3.63) is 0 Å². The minimum absolute atomic E-state index is 0.151. The van der Waals surface area contributed by atoms with Crippen molar-refractivity contribution in [2.45, 2.75) is 39.0 Å². The maximum atomic E-state index is 12.0. The fourth-order valence-electron chi connectivity index (χ4n) is 2.59. The summed E-state index contributed by atoms with van der Waals surface area (Å²) in [5.74, 6) is -3.76. The number of carboxylic acid groups (broad SMARTS) is 1. The molecule has 0 amide bonds. The van der Waals surface area contributed by atoms with Crippen LogP contribution in [-0.2, 0) is 19.2 Å². The van der Waals surface area contributed by atoms with E-state index in [0.717, 1.165) is 12.8 Å². The summed E-state index contributed by atoms with van der Waals surface area (Å²) in [6, 6.07) is 0. The number of carbonyl (C=O) groups is 4. The van der Waals surface area contributed by atoms with Crippen molar-refractivity contribution in [1.29, 1.82) is 0 Å². The molecule has 0 aromatic heterocycles. The summed E-state index contributed by atoms with van der Waals surface area (Å²) < 4.78 is 0. The first-order chi connectivity index (χ1) is 8.41. The normalized spacial score (nSPS) is 32.4. The van der Waals surface area contributed by atoms with Gasteiger partial charge in [0, 0.05) is 18.8 Å². The minimum atomic E-state index is -1.30. The first-order valence-corrected chi connectivity index (χ1v) is 6.24. The minimum Gasteiger partial charge on any atom is -0.481 e. The van der Waals surface area contributed by atoms with Gasteiger partial charge < -0.3 is 5.11 Å². The third-order valence-corrected chi connectivity index (χ3v) is 4.06. The number of hydrogen-bond donors (Lipinski definition) is 1. The summed E-state index contributed by atoms with van der Waals surface area (Å²) >= 11 is 0. The van der Waals surface area contributed by atoms with Crippen LogP contribution in [-0.4, -0.2) is 28.4 Å². The molecule has 2 saturated carbocycles. The van der Waals surface area contributed by atoms with Crippen LogP contribution in [0.1, 0.15) is 39.0 Å². The smallest absolute Gasteiger partial charge is 0.310 e. The number of rotatable bonds is 4. The zero-order chi connectivity index (χ0) is 13.5. The quantitative estimate of drug-likeness (QED) is 0.754. The Bertz CT molecular complexity index is 415. The molecule has 2 rings (SSSR count). The van der Waals surface area contributed by atoms with E-state index >= 15 is 0 Å². The summed E-state index contributed by atoms with van der Waals surface area (Å²) in [6.45, 7) is 1.65. The Labute approximate surface area is 105 Å². The molecule has 0 aliphatic heterocycles. The molecule has 18 heavy (non-hydrogen) atoms. The van der Waals surface area contributed by atoms with Gasteiger partial charge in [0.05, 0.1) is 5.41 Å². The molecule has 0 radical (unpaired) electrons. The SMILES string of the molecule is CCC1(C(=O)O)CC(=O)C(C(=O)C2CC2)C(=O)C1. The van der Waals surface area contributed by atoms with Gasteiger partial charge in [0.25, 0.3) is 0 Å². The maximum Gasteiger partial charge on any atom is 0.310 e. The number of ketones is 3. The highest BCUT2D eigenvalue weighted by Crippen LogP contribution is 2.41. The van der Waals surface area contributed by atoms with Gasteiger partial charge in [0.15, 0.2) is 17.3 Å². The van der Waals surface area contributed by atoms with Crippen molar-refractivity contribution in [1.82, 2.24) is 0 Å². The van der Waals surface area contributed by atoms with Gasteiger partial charge in [-0.1, -0.05) is 6.92 Å². The molecule has 5 nitrogen and oxygen atoms in total. The van der Waals surface area contributed by atoms with E-state index in [9.17, 15) is 24.3 Å². The number of hydrogen-bond acceptors (Lipinski definition) is 4. The Morgan fingerprint density at radius 2 is 1.72 bits per heavy atom. The van der Waals surface area contributed by atoms with Gasteiger partial charge in [-0.3, -0.25) is 19.2 Å². The number of Topliss-reactive ketones (excluding diaryl/α,β-unsaturated/α-hetero) is 3. The van der Waals surface area contributed by atoms with Crippen LogP contribution in [0, 0.1) is 17.3 Å². The highest BCUT2D eigenvalue weighted by molar-refractivity contribution is 6.23. The summed E-state index contributed by atoms with van der Waals surface area (Å²) in [5, 5.41) is 9.18. The molecule has 2 fully saturated rings. The van der Waals surface area contributed by atoms with Crippen molar-refractivity contribution in [3.8, 4) is 0 Å². The standard InChI is InChI=1S/C13H16O5/c1-2-13(12(17)18)5-8(14)10(9(15)6-13)11(16)7-3-4-7/h7,10H,2-6H2,1H3,(H,17,18). The topological polar surface area (TPSA) is 88.5 Å². The molecule has 5 heteroatoms. The first-order valence-electron chi connectivity index (χ1n) is 6.24. The third kappa shape index (κ3) is 1.98. The molecule has 0 bridgehead atoms. The Hall–Kier alpha value is -1.52. The van der Waals surface area contributed by atoms with E-state index < -0.39 is 28.9 Å². The van der Waals surface area contributed by atoms with E-state index in [1.165, 1.54) is 0 Å². The zero-order valence-corrected chi connectivity index (χ0v) is 10.3. The summed E-state index contributed by atoms with van der Waals surface area (Å²) in [4.78, 5) is 47.0. The predicted octanol–water partition coefficient (Wildman–Crippen LogP) is 0.995. The molecule has 1 N–H and O–H groups in total. The molecule has 0 spiro atoms. The molecule has 98 valence electrons. The third-order valence-electron chi connectivity index (χ3n) is 4.06. The van der Waals surface area contributed by atoms with Crippen LogP contribution in [0.3, 0.4) is 0 Å². The Morgan fingerprint density at radius 3 is 2.06 bits per heavy atom. The summed E-state index contributed by atoms with van der Waals surface area (Å²) in [6.07, 6.45) is 1.31. The van der Waals surface area contributed by atoms with E-state index in [1.54, 1.807) is 6.92 Å². The van der Waals surface area contributed by atoms with Crippen LogP contribution in [0.25, 0.3) is 0 Å². The number of carboxylic acids is 1. The molecule has 0 atom stereocenters. The van der Waals surface area contributed by atoms with Gasteiger partial charge in [-0.05, 0) is 19.3 Å². The largest absolute Gasteiger partial charge is 0.481 e. The number of aliphatic carboxylic acids is 1. The highest BCUT2D eigenvalue weighted by Gasteiger charge is 2.52. The Morgan fingerprint density at radius 1 is 1.22 bits per heavy atom. The van der Waals surface area contributed by atoms with Gasteiger partial charge in [0.1, 0.15) is 5.92 Å². The van der Waals surface area contributed by atoms with Crippen molar-refractivity contribution in [3.63, 3.8) is 0 Å². The monoisotopic (exact) mass is 252 g/mol. The molecule has 0 aromatic carbocycles. The van der Waals surface area contributed by atoms with E-state index in [-0.39, 0.29) is 31.0 Å². The summed E-state index contributed by atoms with van der Waals surface area (Å²) in [7, 11) is 0. The fraction of sp³-hybridized carbons (Fsp3) is 0.692. The van der Waals surface area contributed by atoms with Crippen LogP contribution >= 0.6 is 0 Å². The molecule has 0 saturated heterocycles. The molecular weight excluding hydrogens is 236 g/mol. The Balaban J connectivity index is 2.22. The van der Waals surface area contributed by atoms with Crippen LogP contribution in [0.4, 0.5) is 0 Å². The van der Waals surface area contributed by atoms with Crippen molar-refractivity contribution in [2.75, 3.05) is 0 Å². The van der Waals surface area contributed by atoms with E-state index in [1.807, 2.05) is 0 Å². The molecule has 0 heterocycles. The lowest BCUT2D eigenvalue weighted by Gasteiger charge is -2.33. The molecule has 2 aliphatic carbocycles. The fourth-order valence-corrected chi connectivity index (χ4v) is 2.59. The van der Waals surface area contributed by atoms with Crippen LogP contribution < -0.4 is 0 Å². The van der Waals surface area contributed by atoms with Crippen LogP contribution in [0.5, 0.6) is 0 Å². The van der Waals surface area contributed by atoms with E-state index in [0.29, 0.717) is 0 Å². The highest BCUT2D eigenvalue weighted by atomic mass is 16.4. The zero-order valence-electron chi connectivity index (χ0n) is 10.3. The average molecular weight is 252 g/mol. The lowest BCUT2D eigenvalue weighted by atomic mass is 9.66. The van der Waals surface area contributed by atoms with Gasteiger partial charge >= 0.3 is 5.97 Å². The lowest BCUT2D eigenvalue weighted by Crippen LogP contribution is -2.47. The van der Waals surface area contributed by atoms with Crippen LogP contribution in [0.15, 0.2) is 0 Å². The van der Waals surface area contributed by atoms with E-state index in [2.05, 4.69) is 0 Å². The Kier molecular flexibility index (Phi) is 3.09. The van der Waals surface area contributed by atoms with Gasteiger partial charge in [0.2, 0.25) is 0 Å². The second kappa shape index (κ2) is 4.30. The van der Waals surface area contributed by atoms with Crippen molar-refractivity contribution < 1.29 is 24.3 Å². The summed E-state index contributed by atoms with van der Waals surface area (Å²) in [5.41, 5.74) is -1.30. The molecule has 0 unspecified atom stereocenters. The van der Waals surface area contributed by atoms with Gasteiger partial charge in [-0.2, -0.15) is 0 Å². The van der Waals surface area contributed by atoms with E-state index in [4.69, 9.17) is 0 Å². The van der Waals surface area contributed by atoms with Gasteiger partial charge in [-0.25, -0.2) is 0 Å². The second-order valence-electron chi connectivity index (χ2n) is 5.33. The van der Waals surface area contributed by atoms with Crippen molar-refractivity contribution in [2.24, 2.45) is 17.3 Å². The van der Waals surface area contributed by atoms with Crippen molar-refractivity contribution >= 4 is 23.3 Å². The molecule has 2 aliphatic rings. The lowest BCUT2D eigenvalue weighted by molar-refractivity contribution is -0.161. The molecular formula is C13H16O5. The first kappa shape index (κ1) is 12.9. The van der Waals surface area contributed by atoms with Gasteiger partial charge in [-0.15, -0.1) is 0 Å². The predicted molar refractivity (Wildman–Crippen MR) is 60.8 cm³/mol. The average Bonchev–Trinajstić information content (AvgIpc) is 3.10. The maximum absolute atomic E-state index is 12.0. The van der Waals surface area contributed by atoms with Crippen LogP contribution in [0.2, 0.25) is 0 Å². The second-order valence-corrected chi connectivity index (χ2v) is 5.33. The number of carbonyl (C=O) groups excluding carboxylic acids is 3.